The summed E-state index contributed by atoms with van der Waals surface area (Å²) >= 11 is 0.316. The van der Waals surface area contributed by atoms with Gasteiger partial charge in [0.05, 0.1) is 0 Å². The van der Waals surface area contributed by atoms with Crippen molar-refractivity contribution < 1.29 is 20.3 Å². The van der Waals surface area contributed by atoms with Gasteiger partial charge in [-0.25, -0.2) is 0 Å². The van der Waals surface area contributed by atoms with E-state index in [0.717, 1.165) is 11.8 Å². The molecule has 0 aromatic carbocycles. The molecule has 11 heavy (non-hydrogen) atoms. The summed E-state index contributed by atoms with van der Waals surface area (Å²) in [6.07, 6.45) is 0. The van der Waals surface area contributed by atoms with E-state index < -0.39 is 0 Å². The Morgan fingerprint density at radius 3 is 1.45 bits per heavy atom. The molecular weight excluding hydrogens is 157 g/mol. The summed E-state index contributed by atoms with van der Waals surface area (Å²) < 4.78 is 0. The van der Waals surface area contributed by atoms with Gasteiger partial charge in [-0.05, 0) is 0 Å². The minimum atomic E-state index is 0. The van der Waals surface area contributed by atoms with Crippen LogP contribution in [-0.2, 0) is 0 Å². The maximum atomic E-state index is 2.33. The summed E-state index contributed by atoms with van der Waals surface area (Å²) in [5.74, 6) is 1.91. The van der Waals surface area contributed by atoms with Crippen molar-refractivity contribution in [2.24, 2.45) is 11.8 Å². The van der Waals surface area contributed by atoms with Gasteiger partial charge < -0.3 is 1.43 Å². The fraction of sp³-hybridized carbons (Fsp3) is 1.00. The number of hydrogen-bond acceptors (Lipinski definition) is 0. The predicted molar refractivity (Wildman–Crippen MR) is 57.5 cm³/mol. The molecule has 0 rings (SSSR count). The fourth-order valence-electron chi connectivity index (χ4n) is 0.934. The molecule has 0 saturated carbocycles. The molecule has 62 valence electrons. The van der Waals surface area contributed by atoms with Crippen molar-refractivity contribution in [3.63, 3.8) is 0 Å². The van der Waals surface area contributed by atoms with Crippen LogP contribution in [0.2, 0.25) is 10.6 Å². The van der Waals surface area contributed by atoms with Crippen molar-refractivity contribution in [1.29, 1.82) is 0 Å². The molecule has 0 aromatic rings. The van der Waals surface area contributed by atoms with Crippen molar-refractivity contribution in [3.05, 3.63) is 0 Å². The van der Waals surface area contributed by atoms with Crippen molar-refractivity contribution in [1.82, 2.24) is 0 Å². The zero-order valence-electron chi connectivity index (χ0n) is 9.28. The predicted octanol–water partition coefficient (Wildman–Crippen LogP) is -1.50. The maximum Gasteiger partial charge on any atom is 1.00 e. The van der Waals surface area contributed by atoms with Gasteiger partial charge in [-0.15, -0.1) is 0 Å². The van der Waals surface area contributed by atoms with Crippen molar-refractivity contribution in [3.8, 4) is 0 Å². The zero-order chi connectivity index (χ0) is 7.28. The third-order valence-corrected chi connectivity index (χ3v) is 4.69. The topological polar surface area (TPSA) is 0 Å². The molecule has 0 aromatic heterocycles. The Kier molecular flexibility index (Phi) is 19.6. The first-order valence-electron chi connectivity index (χ1n) is 4.13. The van der Waals surface area contributed by atoms with E-state index in [1.165, 1.54) is 10.6 Å². The van der Waals surface area contributed by atoms with Gasteiger partial charge in [-0.2, -0.15) is 0 Å². The van der Waals surface area contributed by atoms with Crippen LogP contribution in [0.5, 0.6) is 0 Å². The van der Waals surface area contributed by atoms with Crippen LogP contribution < -0.4 is 18.9 Å². The van der Waals surface area contributed by atoms with Gasteiger partial charge in [0.25, 0.3) is 0 Å². The van der Waals surface area contributed by atoms with Gasteiger partial charge in [0.2, 0.25) is 15.2 Å². The molecule has 0 radical (unpaired) electrons. The normalized spacial score (nSPS) is 8.91. The molecule has 0 aliphatic carbocycles. The molecule has 0 aliphatic heterocycles. The summed E-state index contributed by atoms with van der Waals surface area (Å²) in [7, 11) is 0. The third kappa shape index (κ3) is 18.5. The quantitative estimate of drug-likeness (QED) is 0.462. The molecule has 0 heterocycles. The molecule has 0 atom stereocenters. The molecule has 0 saturated heterocycles. The van der Waals surface area contributed by atoms with E-state index >= 15 is 0 Å². The molecule has 0 fully saturated rings. The summed E-state index contributed by atoms with van der Waals surface area (Å²) in [5, 5.41) is 3.08. The molecule has 0 unspecified atom stereocenters. The smallest absolute Gasteiger partial charge is 1.00 e. The summed E-state index contributed by atoms with van der Waals surface area (Å²) in [6.45, 7) is 9.31. The first-order chi connectivity index (χ1) is 4.13. The Morgan fingerprint density at radius 2 is 1.27 bits per heavy atom. The summed E-state index contributed by atoms with van der Waals surface area (Å²) in [6, 6.07) is 0. The van der Waals surface area contributed by atoms with Crippen LogP contribution in [0.25, 0.3) is 0 Å². The second-order valence-electron chi connectivity index (χ2n) is 3.72. The Hall–Kier alpha value is 1.66. The molecule has 3 heteroatoms. The van der Waals surface area contributed by atoms with Gasteiger partial charge in [-0.3, -0.25) is 0 Å². The molecule has 0 amide bonds. The van der Waals surface area contributed by atoms with Crippen LogP contribution in [0.3, 0.4) is 0 Å². The summed E-state index contributed by atoms with van der Waals surface area (Å²) in [4.78, 5) is 0. The van der Waals surface area contributed by atoms with E-state index in [-0.39, 0.29) is 37.6 Å². The average Bonchev–Trinajstić information content (AvgIpc) is 1.63. The monoisotopic (exact) mass is 180 g/mol. The van der Waals surface area contributed by atoms with Gasteiger partial charge in [-0.1, -0.05) is 50.1 Å². The van der Waals surface area contributed by atoms with E-state index in [4.69, 9.17) is 0 Å². The van der Waals surface area contributed by atoms with Crippen LogP contribution in [0.1, 0.15) is 29.1 Å². The molecule has 0 nitrogen and oxygen atoms in total. The van der Waals surface area contributed by atoms with Crippen molar-refractivity contribution in [2.45, 2.75) is 38.3 Å². The van der Waals surface area contributed by atoms with Crippen molar-refractivity contribution in [2.75, 3.05) is 0 Å². The second-order valence-corrected chi connectivity index (χ2v) is 5.58. The van der Waals surface area contributed by atoms with E-state index in [1.54, 1.807) is 0 Å². The van der Waals surface area contributed by atoms with E-state index in [9.17, 15) is 0 Å². The van der Waals surface area contributed by atoms with Crippen LogP contribution in [0.4, 0.5) is 0 Å². The number of rotatable bonds is 4. The first kappa shape index (κ1) is 18.4. The number of hydrogen-bond donors (Lipinski definition) is 0. The van der Waals surface area contributed by atoms with Crippen molar-refractivity contribution >= 4 is 32.6 Å². The molecule has 0 bridgehead atoms. The standard InChI is InChI=1S/2C4H9.2Al.Li.5H/c2*1-4(2)3;;;;;;;;/h2*4H,1H2,2-3H3;;;;;;;;/q;;;;+1;;;;;-1. The van der Waals surface area contributed by atoms with Gasteiger partial charge in [0, 0.05) is 0 Å². The third-order valence-electron chi connectivity index (χ3n) is 1.56. The second kappa shape index (κ2) is 11.7. The van der Waals surface area contributed by atoms with Crippen LogP contribution in [0.15, 0.2) is 0 Å². The molecule has 0 aliphatic rings. The largest absolute Gasteiger partial charge is 1.00 e. The van der Waals surface area contributed by atoms with Gasteiger partial charge in [0.1, 0.15) is 0 Å². The van der Waals surface area contributed by atoms with Crippen LogP contribution in [-0.4, -0.2) is 32.6 Å². The summed E-state index contributed by atoms with van der Waals surface area (Å²) in [5.41, 5.74) is 0. The minimum Gasteiger partial charge on any atom is -1.00 e. The fourth-order valence-corrected chi connectivity index (χ4v) is 2.80. The minimum absolute atomic E-state index is 0. The first-order valence-corrected chi connectivity index (χ1v) is 6.13. The Balaban J connectivity index is -0.000000107. The van der Waals surface area contributed by atoms with E-state index in [0.29, 0.717) is 15.2 Å². The SMILES string of the molecule is CC(C)[CH2][AlH][CH2]C(C)C.[AlH3].[H-].[Li+]. The Morgan fingerprint density at radius 1 is 1.00 bits per heavy atom. The Bertz CT molecular complexity index is 62.1. The van der Waals surface area contributed by atoms with Crippen LogP contribution in [0, 0.1) is 11.8 Å². The Labute approximate surface area is 102 Å². The zero-order valence-corrected chi connectivity index (χ0v) is 9.69. The molecule has 0 spiro atoms. The van der Waals surface area contributed by atoms with Crippen LogP contribution >= 0.6 is 0 Å². The van der Waals surface area contributed by atoms with E-state index in [1.807, 2.05) is 0 Å². The van der Waals surface area contributed by atoms with Gasteiger partial charge in [0.15, 0.2) is 17.4 Å². The maximum absolute atomic E-state index is 2.33. The van der Waals surface area contributed by atoms with Gasteiger partial charge >= 0.3 is 18.9 Å². The molecular formula is C8H23Al2Li. The average molecular weight is 180 g/mol. The molecule has 0 N–H and O–H groups in total. The van der Waals surface area contributed by atoms with E-state index in [2.05, 4.69) is 27.7 Å².